The van der Waals surface area contributed by atoms with Gasteiger partial charge in [0.25, 0.3) is 11.8 Å². The van der Waals surface area contributed by atoms with Gasteiger partial charge in [0.1, 0.15) is 0 Å². The number of rotatable bonds is 4. The summed E-state index contributed by atoms with van der Waals surface area (Å²) in [4.78, 5) is 27.1. The van der Waals surface area contributed by atoms with Crippen LogP contribution < -0.4 is 4.90 Å². The zero-order valence-electron chi connectivity index (χ0n) is 14.8. The van der Waals surface area contributed by atoms with Crippen LogP contribution in [0.2, 0.25) is 0 Å². The second-order valence-electron chi connectivity index (χ2n) is 6.57. The summed E-state index contributed by atoms with van der Waals surface area (Å²) in [6, 6.07) is 15.7. The maximum atomic E-state index is 12.7. The van der Waals surface area contributed by atoms with E-state index in [1.807, 2.05) is 48.5 Å². The summed E-state index contributed by atoms with van der Waals surface area (Å²) >= 11 is 0. The molecule has 1 heterocycles. The van der Waals surface area contributed by atoms with E-state index in [-0.39, 0.29) is 0 Å². The minimum absolute atomic E-state index is 0.409. The molecule has 0 aromatic heterocycles. The van der Waals surface area contributed by atoms with Gasteiger partial charge in [0.05, 0.1) is 0 Å². The van der Waals surface area contributed by atoms with Crippen LogP contribution in [0.15, 0.2) is 48.5 Å². The summed E-state index contributed by atoms with van der Waals surface area (Å²) in [7, 11) is 2.92. The van der Waals surface area contributed by atoms with Gasteiger partial charge in [0, 0.05) is 26.3 Å². The molecule has 0 saturated heterocycles. The van der Waals surface area contributed by atoms with Crippen molar-refractivity contribution in [2.75, 3.05) is 25.5 Å². The molecule has 2 aromatic carbocycles. The fourth-order valence-electron chi connectivity index (χ4n) is 3.11. The Bertz CT molecular complexity index is 820. The number of anilines is 1. The first-order chi connectivity index (χ1) is 12.4. The summed E-state index contributed by atoms with van der Waals surface area (Å²) in [6.45, 7) is 0.409. The number of hydrogen-bond acceptors (Lipinski definition) is 4. The molecule has 3 rings (SSSR count). The Morgan fingerprint density at radius 2 is 1.69 bits per heavy atom. The van der Waals surface area contributed by atoms with Gasteiger partial charge in [-0.3, -0.25) is 9.59 Å². The summed E-state index contributed by atoms with van der Waals surface area (Å²) in [5, 5.41) is 20.2. The molecule has 0 radical (unpaired) electrons. The third-order valence-electron chi connectivity index (χ3n) is 4.60. The van der Waals surface area contributed by atoms with Crippen LogP contribution in [0.25, 0.3) is 11.1 Å². The van der Waals surface area contributed by atoms with Crippen LogP contribution >= 0.6 is 0 Å². The smallest absolute Gasteiger partial charge is 0.259 e. The first kappa shape index (κ1) is 18.1. The topological polar surface area (TPSA) is 81.1 Å². The molecular weight excluding hydrogens is 332 g/mol. The van der Waals surface area contributed by atoms with Crippen molar-refractivity contribution >= 4 is 17.5 Å². The van der Waals surface area contributed by atoms with Crippen molar-refractivity contribution < 1.29 is 19.8 Å². The average Bonchev–Trinajstić information content (AvgIpc) is 3.09. The summed E-state index contributed by atoms with van der Waals surface area (Å²) in [6.07, 6.45) is -2.91. The quantitative estimate of drug-likeness (QED) is 0.860. The molecule has 136 valence electrons. The molecule has 0 aliphatic carbocycles. The van der Waals surface area contributed by atoms with Crippen LogP contribution in [-0.4, -0.2) is 59.8 Å². The molecule has 0 unspecified atom stereocenters. The van der Waals surface area contributed by atoms with Crippen molar-refractivity contribution in [1.82, 2.24) is 4.90 Å². The molecule has 2 aromatic rings. The van der Waals surface area contributed by atoms with Crippen LogP contribution in [0.3, 0.4) is 0 Å². The maximum Gasteiger partial charge on any atom is 0.259 e. The zero-order chi connectivity index (χ0) is 18.8. The first-order valence-corrected chi connectivity index (χ1v) is 8.47. The third-order valence-corrected chi connectivity index (χ3v) is 4.60. The van der Waals surface area contributed by atoms with Gasteiger partial charge in [-0.25, -0.2) is 0 Å². The van der Waals surface area contributed by atoms with Gasteiger partial charge in [-0.1, -0.05) is 42.5 Å². The van der Waals surface area contributed by atoms with E-state index in [0.29, 0.717) is 18.7 Å². The molecule has 1 aliphatic heterocycles. The van der Waals surface area contributed by atoms with Gasteiger partial charge in [-0.2, -0.15) is 0 Å². The van der Waals surface area contributed by atoms with Gasteiger partial charge in [-0.05, 0) is 29.2 Å². The monoisotopic (exact) mass is 354 g/mol. The van der Waals surface area contributed by atoms with Gasteiger partial charge < -0.3 is 20.0 Å². The normalized spacial score (nSPS) is 15.3. The van der Waals surface area contributed by atoms with Crippen LogP contribution in [0, 0.1) is 0 Å². The highest BCUT2D eigenvalue weighted by molar-refractivity contribution is 6.02. The fraction of sp³-hybridized carbons (Fsp3) is 0.300. The lowest BCUT2D eigenvalue weighted by Crippen LogP contribution is -2.50. The van der Waals surface area contributed by atoms with Gasteiger partial charge >= 0.3 is 0 Å². The van der Waals surface area contributed by atoms with Gasteiger partial charge in [-0.15, -0.1) is 0 Å². The van der Waals surface area contributed by atoms with Crippen LogP contribution in [0.1, 0.15) is 5.56 Å². The molecule has 0 saturated carbocycles. The standard InChI is InChI=1S/C20H22N2O4/c1-21(2)19(25)17(23)18(24)20(26)22-11-10-14-8-9-15(12-16(14)22)13-6-4-3-5-7-13/h3-9,12,17-18,23-24H,10-11H2,1-2H3/t17-,18-/m1/s1. The Morgan fingerprint density at radius 1 is 1.00 bits per heavy atom. The van der Waals surface area contributed by atoms with Gasteiger partial charge in [0.15, 0.2) is 12.2 Å². The lowest BCUT2D eigenvalue weighted by molar-refractivity contribution is -0.150. The Labute approximate surface area is 152 Å². The summed E-state index contributed by atoms with van der Waals surface area (Å²) in [5.74, 6) is -1.38. The van der Waals surface area contributed by atoms with Crippen molar-refractivity contribution in [3.05, 3.63) is 54.1 Å². The minimum Gasteiger partial charge on any atom is -0.380 e. The predicted molar refractivity (Wildman–Crippen MR) is 98.6 cm³/mol. The number of benzene rings is 2. The molecule has 26 heavy (non-hydrogen) atoms. The molecular formula is C20H22N2O4. The second kappa shape index (κ2) is 7.27. The first-order valence-electron chi connectivity index (χ1n) is 8.47. The van der Waals surface area contributed by atoms with E-state index in [1.54, 1.807) is 0 Å². The number of aliphatic hydroxyl groups excluding tert-OH is 2. The lowest BCUT2D eigenvalue weighted by atomic mass is 10.0. The molecule has 0 fully saturated rings. The Balaban J connectivity index is 1.86. The number of hydrogen-bond donors (Lipinski definition) is 2. The molecule has 6 nitrogen and oxygen atoms in total. The van der Waals surface area contributed by atoms with E-state index in [4.69, 9.17) is 0 Å². The predicted octanol–water partition coefficient (Wildman–Crippen LogP) is 1.05. The molecule has 1 aliphatic rings. The zero-order valence-corrected chi connectivity index (χ0v) is 14.8. The fourth-order valence-corrected chi connectivity index (χ4v) is 3.11. The Hall–Kier alpha value is -2.70. The highest BCUT2D eigenvalue weighted by atomic mass is 16.3. The lowest BCUT2D eigenvalue weighted by Gasteiger charge is -2.25. The number of fused-ring (bicyclic) bond motifs is 1. The van der Waals surface area contributed by atoms with E-state index >= 15 is 0 Å². The highest BCUT2D eigenvalue weighted by Gasteiger charge is 2.36. The Kier molecular flexibility index (Phi) is 5.06. The summed E-state index contributed by atoms with van der Waals surface area (Å²) in [5.41, 5.74) is 3.69. The number of carbonyl (C=O) groups excluding carboxylic acids is 2. The van der Waals surface area contributed by atoms with E-state index < -0.39 is 24.0 Å². The molecule has 2 atom stereocenters. The van der Waals surface area contributed by atoms with E-state index in [9.17, 15) is 19.8 Å². The molecule has 2 amide bonds. The van der Waals surface area contributed by atoms with Crippen LogP contribution in [0.5, 0.6) is 0 Å². The number of amides is 2. The van der Waals surface area contributed by atoms with E-state index in [2.05, 4.69) is 0 Å². The third kappa shape index (κ3) is 3.34. The highest BCUT2D eigenvalue weighted by Crippen LogP contribution is 2.33. The maximum absolute atomic E-state index is 12.7. The summed E-state index contributed by atoms with van der Waals surface area (Å²) < 4.78 is 0. The Morgan fingerprint density at radius 3 is 2.35 bits per heavy atom. The van der Waals surface area contributed by atoms with Crippen molar-refractivity contribution in [3.63, 3.8) is 0 Å². The number of carbonyl (C=O) groups is 2. The molecule has 6 heteroatoms. The number of likely N-dealkylation sites (N-methyl/N-ethyl adjacent to an activating group) is 1. The molecule has 2 N–H and O–H groups in total. The van der Waals surface area contributed by atoms with Crippen molar-refractivity contribution in [3.8, 4) is 11.1 Å². The van der Waals surface area contributed by atoms with Crippen LogP contribution in [0.4, 0.5) is 5.69 Å². The van der Waals surface area contributed by atoms with Crippen LogP contribution in [-0.2, 0) is 16.0 Å². The number of aliphatic hydroxyl groups is 2. The van der Waals surface area contributed by atoms with Gasteiger partial charge in [0.2, 0.25) is 0 Å². The molecule has 0 spiro atoms. The van der Waals surface area contributed by atoms with Crippen molar-refractivity contribution in [2.45, 2.75) is 18.6 Å². The molecule has 0 bridgehead atoms. The largest absolute Gasteiger partial charge is 0.380 e. The number of nitrogens with zero attached hydrogens (tertiary/aromatic N) is 2. The van der Waals surface area contributed by atoms with Crippen molar-refractivity contribution in [2.24, 2.45) is 0 Å². The minimum atomic E-state index is -1.80. The van der Waals surface area contributed by atoms with E-state index in [1.165, 1.54) is 19.0 Å². The van der Waals surface area contributed by atoms with E-state index in [0.717, 1.165) is 21.6 Å². The second-order valence-corrected chi connectivity index (χ2v) is 6.57. The van der Waals surface area contributed by atoms with Crippen molar-refractivity contribution in [1.29, 1.82) is 0 Å². The SMILES string of the molecule is CN(C)C(=O)[C@H](O)[C@@H](O)C(=O)N1CCc2ccc(-c3ccccc3)cc21. The average molecular weight is 354 g/mol.